The number of benzene rings is 3. The van der Waals surface area contributed by atoms with Crippen LogP contribution in [0.15, 0.2) is 141 Å². The van der Waals surface area contributed by atoms with Gasteiger partial charge in [-0.05, 0) is 50.5 Å². The third kappa shape index (κ3) is 13.1. The SMILES string of the molecule is Cc1c(-c2ccc(C(=O)NCCO[PH](O)(O)OCCNC(=O)c3ccc(-c4c(C)c(C(=O)C5C=Cc6c([nH]c(=O)n(CC(=O)OC(C)(C)C)c6=O)C5)n5ccccc45)cc3)cc2)c2ccccn2c1C(=O)c1ccc2c(=O)n(C(C(=O)O)C(C)(C)C)c(=O)[nH]c2c1. The number of aromatic amines is 2. The molecule has 7 N–H and O–H groups in total. The summed E-state index contributed by atoms with van der Waals surface area (Å²) in [6.07, 6.45) is 6.64. The van der Waals surface area contributed by atoms with Crippen LogP contribution in [0.25, 0.3) is 50.3 Å². The Morgan fingerprint density at radius 1 is 0.670 bits per heavy atom. The van der Waals surface area contributed by atoms with E-state index in [4.69, 9.17) is 13.8 Å². The number of pyridine rings is 2. The average molecular weight is 1260 g/mol. The van der Waals surface area contributed by atoms with E-state index in [0.717, 1.165) is 15.6 Å². The Kier molecular flexibility index (Phi) is 17.7. The number of aliphatic carboxylic acids is 1. The first-order valence-corrected chi connectivity index (χ1v) is 30.8. The molecule has 2 atom stereocenters. The number of ketones is 2. The molecule has 0 radical (unpaired) electrons. The zero-order valence-electron chi connectivity index (χ0n) is 51.0. The van der Waals surface area contributed by atoms with Gasteiger partial charge >= 0.3 is 259 Å². The van der Waals surface area contributed by atoms with Crippen LogP contribution in [0.1, 0.15) is 117 Å². The Labute approximate surface area is 519 Å². The van der Waals surface area contributed by atoms with E-state index < -0.39 is 89.7 Å². The maximum absolute atomic E-state index is 14.4. The van der Waals surface area contributed by atoms with Crippen molar-refractivity contribution in [2.24, 2.45) is 11.3 Å². The Morgan fingerprint density at radius 3 is 1.73 bits per heavy atom. The van der Waals surface area contributed by atoms with Gasteiger partial charge in [0.25, 0.3) is 11.1 Å². The number of nitrogens with zero attached hydrogens (tertiary/aromatic N) is 4. The summed E-state index contributed by atoms with van der Waals surface area (Å²) in [5.74, 6) is -4.48. The fourth-order valence-electron chi connectivity index (χ4n) is 11.6. The molecule has 0 fully saturated rings. The van der Waals surface area contributed by atoms with E-state index in [9.17, 15) is 62.8 Å². The molecule has 1 aliphatic carbocycles. The van der Waals surface area contributed by atoms with Crippen LogP contribution in [0.4, 0.5) is 0 Å². The van der Waals surface area contributed by atoms with Gasteiger partial charge in [-0.2, -0.15) is 0 Å². The predicted molar refractivity (Wildman–Crippen MR) is 341 cm³/mol. The second-order valence-corrected chi connectivity index (χ2v) is 25.8. The minimum Gasteiger partial charge on any atom is -0.480 e. The van der Waals surface area contributed by atoms with E-state index in [1.54, 1.807) is 136 Å². The van der Waals surface area contributed by atoms with Gasteiger partial charge in [0.05, 0.1) is 16.5 Å². The molecular weight excluding hydrogens is 1190 g/mol. The fourth-order valence-corrected chi connectivity index (χ4v) is 12.4. The molecule has 2 amide bonds. The van der Waals surface area contributed by atoms with Crippen LogP contribution < -0.4 is 33.1 Å². The topological polar surface area (TPSA) is 333 Å². The van der Waals surface area contributed by atoms with E-state index in [1.807, 2.05) is 31.2 Å². The molecule has 0 bridgehead atoms. The Balaban J connectivity index is 0.712. The quantitative estimate of drug-likeness (QED) is 0.0177. The molecule has 10 rings (SSSR count). The number of hydrogen-bond donors (Lipinski definition) is 7. The number of H-pyrrole nitrogens is 2. The van der Waals surface area contributed by atoms with Crippen molar-refractivity contribution in [2.75, 3.05) is 26.3 Å². The number of amides is 2. The molecule has 1 aliphatic rings. The number of carboxylic acids is 1. The molecule has 6 aromatic heterocycles. The summed E-state index contributed by atoms with van der Waals surface area (Å²) < 4.78 is 20.7. The zero-order chi connectivity index (χ0) is 65.6. The Bertz CT molecular complexity index is 4720. The molecule has 0 aliphatic heterocycles. The van der Waals surface area contributed by atoms with Crippen LogP contribution in [-0.2, 0) is 36.3 Å². The number of carbonyl (C=O) groups excluding carboxylic acids is 5. The third-order valence-corrected chi connectivity index (χ3v) is 16.8. The van der Waals surface area contributed by atoms with Crippen molar-refractivity contribution >= 4 is 71.5 Å². The summed E-state index contributed by atoms with van der Waals surface area (Å²) in [7, 11) is -4.71. The molecule has 0 saturated carbocycles. The molecule has 6 heterocycles. The predicted octanol–water partition coefficient (Wildman–Crippen LogP) is 6.90. The number of Topliss-reactive ketones (excluding diaryl/α,β-unsaturated/α-hetero) is 1. The summed E-state index contributed by atoms with van der Waals surface area (Å²) >= 11 is 0. The molecule has 0 spiro atoms. The van der Waals surface area contributed by atoms with E-state index in [-0.39, 0.29) is 77.4 Å². The van der Waals surface area contributed by atoms with E-state index >= 15 is 0 Å². The third-order valence-electron chi connectivity index (χ3n) is 15.6. The van der Waals surface area contributed by atoms with E-state index in [0.29, 0.717) is 49.3 Å². The molecule has 0 saturated heterocycles. The van der Waals surface area contributed by atoms with Crippen molar-refractivity contribution in [1.29, 1.82) is 0 Å². The second-order valence-electron chi connectivity index (χ2n) is 24.2. The molecule has 9 aromatic rings. The number of rotatable bonds is 20. The molecular formula is C66H67N8O16P. The van der Waals surface area contributed by atoms with Crippen molar-refractivity contribution in [1.82, 2.24) is 38.5 Å². The minimum atomic E-state index is -4.71. The van der Waals surface area contributed by atoms with E-state index in [2.05, 4.69) is 20.6 Å². The van der Waals surface area contributed by atoms with Gasteiger partial charge in [-0.25, -0.2) is 23.5 Å². The van der Waals surface area contributed by atoms with Crippen molar-refractivity contribution in [3.8, 4) is 22.3 Å². The summed E-state index contributed by atoms with van der Waals surface area (Å²) in [4.78, 5) is 159. The number of allylic oxidation sites excluding steroid dienone is 1. The smallest absolute Gasteiger partial charge is 0.480 e. The first-order chi connectivity index (χ1) is 43.0. The van der Waals surface area contributed by atoms with Gasteiger partial charge in [0.1, 0.15) is 18.2 Å². The number of ether oxygens (including phenoxy) is 1. The summed E-state index contributed by atoms with van der Waals surface area (Å²) in [5, 5.41) is 15.3. The monoisotopic (exact) mass is 1260 g/mol. The van der Waals surface area contributed by atoms with Crippen molar-refractivity contribution in [2.45, 2.75) is 80.0 Å². The Hall–Kier alpha value is -9.97. The van der Waals surface area contributed by atoms with Crippen LogP contribution >= 0.6 is 8.17 Å². The molecule has 3 aromatic carbocycles. The standard InChI is InChI=1S/C66H67N8O16P/c1-36-51(48-13-9-11-29-71(48)53(36)55(76)42-23-25-44-46(33-42)69-63(84)73(60(44)80)35-50(75)90-66(6,7)8)38-15-19-40(20-16-38)58(78)67-27-31-88-91(86,87)89-32-28-68-59(79)41-21-17-39(18-22-41)52-37(2)54(72-30-12-10-14-49(52)72)56(77)43-24-26-45-47(34-43)70-64(85)74(61(45)81)57(62(82)83)65(3,4)5/h9-26,29-30,34,42,57,86-87,91H,27-28,31-33,35H2,1-8H3,(H,67,78)(H,68,79)(H,69,84)(H,70,85)(H,82,83). The molecule has 25 heteroatoms. The Morgan fingerprint density at radius 2 is 1.20 bits per heavy atom. The minimum absolute atomic E-state index is 0.0302. The van der Waals surface area contributed by atoms with Crippen LogP contribution in [0.5, 0.6) is 0 Å². The number of carboxylic acid groups (broad SMARTS) is 1. The number of carbonyl (C=O) groups is 6. The fraction of sp³-hybridized carbons (Fsp3) is 0.273. The molecule has 91 heavy (non-hydrogen) atoms. The van der Waals surface area contributed by atoms with Gasteiger partial charge < -0.3 is 19.8 Å². The second kappa shape index (κ2) is 25.1. The maximum atomic E-state index is 14.4. The summed E-state index contributed by atoms with van der Waals surface area (Å²) in [5.41, 5.74) is 2.41. The number of fused-ring (bicyclic) bond motifs is 4. The van der Waals surface area contributed by atoms with Gasteiger partial charge in [0, 0.05) is 36.0 Å². The van der Waals surface area contributed by atoms with Gasteiger partial charge in [-0.1, -0.05) is 51.1 Å². The van der Waals surface area contributed by atoms with Gasteiger partial charge in [0.2, 0.25) is 5.78 Å². The van der Waals surface area contributed by atoms with Gasteiger partial charge in [0.15, 0.2) is 5.78 Å². The molecule has 472 valence electrons. The number of hydrogen-bond acceptors (Lipinski definition) is 15. The van der Waals surface area contributed by atoms with Gasteiger partial charge in [-0.15, -0.1) is 0 Å². The first kappa shape index (κ1) is 64.0. The molecule has 24 nitrogen and oxygen atoms in total. The number of aromatic nitrogens is 6. The number of esters is 1. The van der Waals surface area contributed by atoms with Crippen LogP contribution in [-0.4, -0.2) is 110 Å². The summed E-state index contributed by atoms with van der Waals surface area (Å²) in [6, 6.07) is 27.0. The van der Waals surface area contributed by atoms with Gasteiger partial charge in [-0.3, -0.25) is 24.0 Å². The van der Waals surface area contributed by atoms with Crippen LogP contribution in [0, 0.1) is 25.2 Å². The average Bonchev–Trinajstić information content (AvgIpc) is 1.71. The van der Waals surface area contributed by atoms with Crippen molar-refractivity contribution < 1.29 is 57.4 Å². The van der Waals surface area contributed by atoms with Crippen LogP contribution in [0.3, 0.4) is 0 Å². The number of nitrogens with one attached hydrogen (secondary N) is 4. The first-order valence-electron chi connectivity index (χ1n) is 29.1. The molecule has 2 unspecified atom stereocenters. The summed E-state index contributed by atoms with van der Waals surface area (Å²) in [6.45, 7) is 12.0. The van der Waals surface area contributed by atoms with Crippen molar-refractivity contribution in [3.05, 3.63) is 214 Å². The van der Waals surface area contributed by atoms with Crippen molar-refractivity contribution in [3.63, 3.8) is 0 Å². The normalized spacial score (nSPS) is 13.9. The van der Waals surface area contributed by atoms with Crippen LogP contribution in [0.2, 0.25) is 0 Å². The zero-order valence-corrected chi connectivity index (χ0v) is 52.0. The van der Waals surface area contributed by atoms with E-state index in [1.165, 1.54) is 24.3 Å².